The monoisotopic (exact) mass is 146 g/mol. The van der Waals surface area contributed by atoms with E-state index in [1.54, 1.807) is 0 Å². The Balaban J connectivity index is 3.60. The molecule has 9 heavy (non-hydrogen) atoms. The molecule has 4 nitrogen and oxygen atoms in total. The highest BCUT2D eigenvalue weighted by Gasteiger charge is 2.35. The molecule has 7 heteroatoms. The Morgan fingerprint density at radius 2 is 1.89 bits per heavy atom. The van der Waals surface area contributed by atoms with Crippen molar-refractivity contribution in [1.29, 1.82) is 0 Å². The molecule has 0 spiro atoms. The van der Waals surface area contributed by atoms with Crippen LogP contribution >= 0.6 is 0 Å². The normalized spacial score (nSPS) is 10.7. The summed E-state index contributed by atoms with van der Waals surface area (Å²) in [7, 11) is 0. The van der Waals surface area contributed by atoms with Crippen LogP contribution in [0.5, 0.6) is 0 Å². The fourth-order valence-corrected chi connectivity index (χ4v) is 0.113. The maximum Gasteiger partial charge on any atom is 0.577 e. The van der Waals surface area contributed by atoms with Crippen LogP contribution in [0.15, 0.2) is 0 Å². The molecule has 0 bridgehead atoms. The molecule has 0 heterocycles. The zero-order valence-electron chi connectivity index (χ0n) is 3.81. The number of alkyl halides is 3. The first-order valence-corrected chi connectivity index (χ1v) is 1.57. The zero-order chi connectivity index (χ0) is 7.49. The molecule has 0 saturated heterocycles. The maximum absolute atomic E-state index is 10.9. The van der Waals surface area contributed by atoms with E-state index in [-0.39, 0.29) is 0 Å². The highest BCUT2D eigenvalue weighted by atomic mass is 19.4. The highest BCUT2D eigenvalue weighted by molar-refractivity contribution is 5.58. The van der Waals surface area contributed by atoms with Crippen LogP contribution in [0.25, 0.3) is 0 Å². The quantitative estimate of drug-likeness (QED) is 0.316. The van der Waals surface area contributed by atoms with E-state index < -0.39 is 12.5 Å². The van der Waals surface area contributed by atoms with Gasteiger partial charge in [-0.1, -0.05) is 0 Å². The van der Waals surface area contributed by atoms with E-state index in [0.717, 1.165) is 0 Å². The molecule has 0 unspecified atom stereocenters. The molecular formula is C2HF3O4. The summed E-state index contributed by atoms with van der Waals surface area (Å²) in [5, 5.41) is 7.22. The lowest BCUT2D eigenvalue weighted by molar-refractivity contribution is -0.321. The summed E-state index contributed by atoms with van der Waals surface area (Å²) < 4.78 is 35.1. The van der Waals surface area contributed by atoms with E-state index in [0.29, 0.717) is 0 Å². The largest absolute Gasteiger partial charge is 0.577 e. The van der Waals surface area contributed by atoms with Crippen LogP contribution in [0.2, 0.25) is 0 Å². The van der Waals surface area contributed by atoms with Gasteiger partial charge < -0.3 is 4.74 Å². The zero-order valence-corrected chi connectivity index (χ0v) is 3.81. The third-order valence-electron chi connectivity index (χ3n) is 0.274. The minimum absolute atomic E-state index is 2.21. The Bertz CT molecular complexity index is 107. The Morgan fingerprint density at radius 1 is 1.44 bits per heavy atom. The molecule has 0 aliphatic rings. The minimum atomic E-state index is -5.11. The highest BCUT2D eigenvalue weighted by Crippen LogP contribution is 2.16. The average molecular weight is 146 g/mol. The molecule has 0 aliphatic heterocycles. The number of hydrogen-bond acceptors (Lipinski definition) is 4. The standard InChI is InChI=1S/C2HF3O4/c3-2(4,5)8-1(6)9-7/h7H. The summed E-state index contributed by atoms with van der Waals surface area (Å²) in [5.41, 5.74) is 0. The Labute approximate surface area is 46.7 Å². The van der Waals surface area contributed by atoms with E-state index in [9.17, 15) is 18.0 Å². The van der Waals surface area contributed by atoms with Gasteiger partial charge in [0.15, 0.2) is 0 Å². The van der Waals surface area contributed by atoms with E-state index in [1.165, 1.54) is 0 Å². The molecule has 0 aromatic carbocycles. The number of carbonyl (C=O) groups is 1. The molecule has 0 aromatic heterocycles. The first-order valence-electron chi connectivity index (χ1n) is 1.57. The van der Waals surface area contributed by atoms with Gasteiger partial charge in [-0.25, -0.2) is 4.79 Å². The molecule has 0 fully saturated rings. The number of rotatable bonds is 0. The molecule has 0 amide bonds. The third-order valence-corrected chi connectivity index (χ3v) is 0.274. The van der Waals surface area contributed by atoms with E-state index in [4.69, 9.17) is 5.26 Å². The summed E-state index contributed by atoms with van der Waals surface area (Å²) in [6.07, 6.45) is -7.32. The first kappa shape index (κ1) is 8.02. The fraction of sp³-hybridized carbons (Fsp3) is 0.500. The van der Waals surface area contributed by atoms with Gasteiger partial charge >= 0.3 is 12.5 Å². The van der Waals surface area contributed by atoms with Gasteiger partial charge in [-0.2, -0.15) is 5.26 Å². The van der Waals surface area contributed by atoms with Crippen LogP contribution in [0.1, 0.15) is 0 Å². The molecule has 0 aliphatic carbocycles. The summed E-state index contributed by atoms with van der Waals surface area (Å²) in [6.45, 7) is 0. The van der Waals surface area contributed by atoms with Crippen LogP contribution in [-0.2, 0) is 9.62 Å². The molecule has 1 N–H and O–H groups in total. The van der Waals surface area contributed by atoms with Crippen molar-refractivity contribution in [2.24, 2.45) is 0 Å². The smallest absolute Gasteiger partial charge is 0.338 e. The summed E-state index contributed by atoms with van der Waals surface area (Å²) in [5.74, 6) is 0. The molecule has 54 valence electrons. The van der Waals surface area contributed by atoms with Gasteiger partial charge in [0.05, 0.1) is 0 Å². The van der Waals surface area contributed by atoms with Gasteiger partial charge in [0, 0.05) is 0 Å². The van der Waals surface area contributed by atoms with E-state index in [2.05, 4.69) is 9.62 Å². The van der Waals surface area contributed by atoms with Gasteiger partial charge in [-0.15, -0.1) is 13.2 Å². The molecular weight excluding hydrogens is 145 g/mol. The van der Waals surface area contributed by atoms with Crippen molar-refractivity contribution < 1.29 is 32.8 Å². The van der Waals surface area contributed by atoms with Gasteiger partial charge in [0.2, 0.25) is 0 Å². The number of ether oxygens (including phenoxy) is 1. The molecule has 0 radical (unpaired) electrons. The second kappa shape index (κ2) is 2.53. The second-order valence-electron chi connectivity index (χ2n) is 0.889. The number of hydrogen-bond donors (Lipinski definition) is 1. The Kier molecular flexibility index (Phi) is 2.26. The Morgan fingerprint density at radius 3 is 2.00 bits per heavy atom. The van der Waals surface area contributed by atoms with Crippen LogP contribution < -0.4 is 0 Å². The molecule has 0 atom stereocenters. The first-order chi connectivity index (χ1) is 3.95. The van der Waals surface area contributed by atoms with Crippen LogP contribution in [-0.4, -0.2) is 17.8 Å². The van der Waals surface area contributed by atoms with E-state index >= 15 is 0 Å². The predicted molar refractivity (Wildman–Crippen MR) is 16.2 cm³/mol. The predicted octanol–water partition coefficient (Wildman–Crippen LogP) is 1.13. The third kappa shape index (κ3) is 4.88. The SMILES string of the molecule is O=C(OO)OC(F)(F)F. The Hall–Kier alpha value is -0.980. The van der Waals surface area contributed by atoms with Crippen molar-refractivity contribution in [3.63, 3.8) is 0 Å². The van der Waals surface area contributed by atoms with Crippen LogP contribution in [0.3, 0.4) is 0 Å². The van der Waals surface area contributed by atoms with Gasteiger partial charge in [-0.3, -0.25) is 4.89 Å². The number of halogens is 3. The number of carbonyl (C=O) groups excluding carboxylic acids is 1. The lowest BCUT2D eigenvalue weighted by Crippen LogP contribution is -2.19. The van der Waals surface area contributed by atoms with Gasteiger partial charge in [-0.05, 0) is 0 Å². The van der Waals surface area contributed by atoms with Crippen molar-refractivity contribution in [2.75, 3.05) is 0 Å². The minimum Gasteiger partial charge on any atom is -0.338 e. The summed E-state index contributed by atoms with van der Waals surface area (Å²) in [4.78, 5) is 12.0. The van der Waals surface area contributed by atoms with Gasteiger partial charge in [0.1, 0.15) is 0 Å². The van der Waals surface area contributed by atoms with Gasteiger partial charge in [0.25, 0.3) is 0 Å². The lowest BCUT2D eigenvalue weighted by atomic mass is 11.2. The molecule has 0 rings (SSSR count). The fourth-order valence-electron chi connectivity index (χ4n) is 0.113. The van der Waals surface area contributed by atoms with E-state index in [1.807, 2.05) is 0 Å². The molecule has 0 saturated carbocycles. The summed E-state index contributed by atoms with van der Waals surface area (Å²) >= 11 is 0. The maximum atomic E-state index is 10.9. The lowest BCUT2D eigenvalue weighted by Gasteiger charge is -2.02. The van der Waals surface area contributed by atoms with Crippen molar-refractivity contribution in [3.05, 3.63) is 0 Å². The topological polar surface area (TPSA) is 55.8 Å². The molecule has 0 aromatic rings. The summed E-state index contributed by atoms with van der Waals surface area (Å²) in [6, 6.07) is 0. The second-order valence-corrected chi connectivity index (χ2v) is 0.889. The van der Waals surface area contributed by atoms with Crippen molar-refractivity contribution in [3.8, 4) is 0 Å². The van der Waals surface area contributed by atoms with Crippen LogP contribution in [0.4, 0.5) is 18.0 Å². The van der Waals surface area contributed by atoms with Crippen molar-refractivity contribution in [2.45, 2.75) is 6.36 Å². The van der Waals surface area contributed by atoms with Crippen molar-refractivity contribution in [1.82, 2.24) is 0 Å². The average Bonchev–Trinajstić information content (AvgIpc) is 1.62. The van der Waals surface area contributed by atoms with Crippen molar-refractivity contribution >= 4 is 6.16 Å². The van der Waals surface area contributed by atoms with Crippen LogP contribution in [0, 0.1) is 0 Å².